The van der Waals surface area contributed by atoms with E-state index in [4.69, 9.17) is 17.3 Å². The predicted octanol–water partition coefficient (Wildman–Crippen LogP) is 4.01. The van der Waals surface area contributed by atoms with Crippen LogP contribution in [0.1, 0.15) is 16.7 Å². The number of alkyl halides is 3. The molecule has 0 fully saturated rings. The summed E-state index contributed by atoms with van der Waals surface area (Å²) in [7, 11) is -4.03. The number of urea groups is 1. The normalized spacial score (nSPS) is 11.7. The fourth-order valence-electron chi connectivity index (χ4n) is 3.62. The molecule has 2 amide bonds. The van der Waals surface area contributed by atoms with Crippen molar-refractivity contribution < 1.29 is 26.4 Å². The number of aromatic nitrogens is 2. The van der Waals surface area contributed by atoms with Crippen LogP contribution in [0.4, 0.5) is 18.0 Å². The van der Waals surface area contributed by atoms with Gasteiger partial charge in [-0.05, 0) is 53.9 Å². The van der Waals surface area contributed by atoms with Crippen molar-refractivity contribution in [3.05, 3.63) is 88.7 Å². The molecule has 0 aliphatic rings. The zero-order valence-electron chi connectivity index (χ0n) is 20.1. The van der Waals surface area contributed by atoms with Crippen LogP contribution in [-0.2, 0) is 29.2 Å². The third-order valence-corrected chi connectivity index (χ3v) is 7.21. The number of nitrogens with one attached hydrogen (secondary N) is 2. The Kier molecular flexibility index (Phi) is 9.50. The van der Waals surface area contributed by atoms with E-state index in [0.717, 1.165) is 17.2 Å². The molecule has 3 aromatic carbocycles. The molecule has 0 atom stereocenters. The molecule has 0 saturated carbocycles. The predicted molar refractivity (Wildman–Crippen MR) is 139 cm³/mol. The number of nitrogens with two attached hydrogens (primary N) is 1. The van der Waals surface area contributed by atoms with Crippen molar-refractivity contribution in [2.75, 3.05) is 6.54 Å². The number of imidazole rings is 1. The van der Waals surface area contributed by atoms with Gasteiger partial charge in [0.2, 0.25) is 0 Å². The first-order valence-corrected chi connectivity index (χ1v) is 12.8. The number of amides is 2. The van der Waals surface area contributed by atoms with Gasteiger partial charge in [0.1, 0.15) is 6.33 Å². The van der Waals surface area contributed by atoms with Gasteiger partial charge in [-0.2, -0.15) is 13.2 Å². The van der Waals surface area contributed by atoms with E-state index in [9.17, 15) is 26.4 Å². The summed E-state index contributed by atoms with van der Waals surface area (Å²) in [5, 5.41) is 2.08. The molecule has 0 aliphatic heterocycles. The first kappa shape index (κ1) is 29.9. The minimum atomic E-state index is -4.58. The van der Waals surface area contributed by atoms with Gasteiger partial charge in [-0.3, -0.25) is 4.57 Å². The van der Waals surface area contributed by atoms with Gasteiger partial charge in [-0.1, -0.05) is 35.9 Å². The van der Waals surface area contributed by atoms with Crippen molar-refractivity contribution in [2.24, 2.45) is 5.73 Å². The molecule has 14 heteroatoms. The van der Waals surface area contributed by atoms with E-state index in [2.05, 4.69) is 10.3 Å². The van der Waals surface area contributed by atoms with Crippen molar-refractivity contribution in [1.82, 2.24) is 19.6 Å². The summed E-state index contributed by atoms with van der Waals surface area (Å²) < 4.78 is 67.5. The summed E-state index contributed by atoms with van der Waals surface area (Å²) in [5.41, 5.74) is 7.37. The molecule has 195 valence electrons. The molecule has 8 nitrogen and oxygen atoms in total. The first-order chi connectivity index (χ1) is 17.5. The monoisotopic (exact) mass is 574 g/mol. The second-order valence-corrected chi connectivity index (χ2v) is 10.1. The number of nitrogens with zero attached hydrogens (tertiary/aromatic N) is 2. The molecular weight excluding hydrogens is 554 g/mol. The van der Waals surface area contributed by atoms with E-state index in [1.807, 2.05) is 4.72 Å². The summed E-state index contributed by atoms with van der Waals surface area (Å²) in [5.74, 6) is 0. The molecule has 1 aromatic heterocycles. The van der Waals surface area contributed by atoms with Crippen molar-refractivity contribution in [3.8, 4) is 5.69 Å². The van der Waals surface area contributed by atoms with E-state index in [0.29, 0.717) is 17.6 Å². The Bertz CT molecular complexity index is 1540. The fourth-order valence-corrected chi connectivity index (χ4v) is 4.81. The van der Waals surface area contributed by atoms with Gasteiger partial charge in [0.15, 0.2) is 0 Å². The van der Waals surface area contributed by atoms with Gasteiger partial charge in [-0.25, -0.2) is 22.9 Å². The molecule has 0 bridgehead atoms. The molecular formula is C24H21ClF3N5NaO3S. The smallest absolute Gasteiger partial charge is 0.337 e. The van der Waals surface area contributed by atoms with Gasteiger partial charge < -0.3 is 11.1 Å². The van der Waals surface area contributed by atoms with Crippen LogP contribution in [0.3, 0.4) is 0 Å². The fraction of sp³-hybridized carbons (Fsp3) is 0.167. The maximum atomic E-state index is 13.1. The van der Waals surface area contributed by atoms with Crippen molar-refractivity contribution in [2.45, 2.75) is 24.0 Å². The number of fused-ring (bicyclic) bond motifs is 1. The molecule has 1 heterocycles. The molecule has 1 radical (unpaired) electrons. The zero-order valence-corrected chi connectivity index (χ0v) is 23.7. The van der Waals surface area contributed by atoms with Crippen LogP contribution in [0, 0.1) is 0 Å². The number of sulfonamides is 1. The Labute approximate surface area is 243 Å². The molecule has 4 aromatic rings. The Morgan fingerprint density at radius 2 is 1.66 bits per heavy atom. The van der Waals surface area contributed by atoms with Crippen molar-refractivity contribution >= 4 is 68.2 Å². The summed E-state index contributed by atoms with van der Waals surface area (Å²) in [6.45, 7) is 0.432. The Morgan fingerprint density at radius 3 is 2.26 bits per heavy atom. The molecule has 4 N–H and O–H groups in total. The maximum Gasteiger partial charge on any atom is 0.417 e. The molecule has 0 unspecified atom stereocenters. The minimum Gasteiger partial charge on any atom is -0.337 e. The molecule has 0 saturated heterocycles. The standard InChI is InChI=1S/C24H21ClF3N5O3S.Na/c25-20-12-22-21(11-19(20)24(26,27)28)31-14-33(22)17-5-1-15(2-6-17)9-10-30-23(34)32-37(35,36)18-7-3-16(13-29)4-8-18;/h1-8,11-12,14H,9-10,13,29H2,(H2,30,32,34);. The van der Waals surface area contributed by atoms with Crippen LogP contribution >= 0.6 is 11.6 Å². The topological polar surface area (TPSA) is 119 Å². The minimum absolute atomic E-state index is 0. The maximum absolute atomic E-state index is 13.1. The number of halogens is 4. The van der Waals surface area contributed by atoms with Crippen LogP contribution in [-0.4, -0.2) is 60.1 Å². The van der Waals surface area contributed by atoms with Crippen LogP contribution in [0.5, 0.6) is 0 Å². The molecule has 4 rings (SSSR count). The third-order valence-electron chi connectivity index (χ3n) is 5.55. The van der Waals surface area contributed by atoms with Gasteiger partial charge >= 0.3 is 12.2 Å². The third kappa shape index (κ3) is 6.87. The summed E-state index contributed by atoms with van der Waals surface area (Å²) in [6.07, 6.45) is -2.77. The van der Waals surface area contributed by atoms with Gasteiger partial charge in [0.25, 0.3) is 10.0 Å². The van der Waals surface area contributed by atoms with E-state index in [-0.39, 0.29) is 53.1 Å². The SMILES string of the molecule is NCc1ccc(S(=O)(=O)NC(=O)NCCc2ccc(-n3cnc4cc(C(F)(F)F)c(Cl)cc43)cc2)cc1.[Na]. The van der Waals surface area contributed by atoms with Crippen LogP contribution in [0.25, 0.3) is 16.7 Å². The largest absolute Gasteiger partial charge is 0.417 e. The van der Waals surface area contributed by atoms with E-state index < -0.39 is 32.8 Å². The van der Waals surface area contributed by atoms with Gasteiger partial charge in [0, 0.05) is 48.3 Å². The van der Waals surface area contributed by atoms with Gasteiger partial charge in [0.05, 0.1) is 26.5 Å². The van der Waals surface area contributed by atoms with E-state index in [1.54, 1.807) is 41.0 Å². The summed E-state index contributed by atoms with van der Waals surface area (Å²) in [6, 6.07) is 14.2. The number of rotatable bonds is 7. The number of carbonyl (C=O) groups excluding carboxylic acids is 1. The van der Waals surface area contributed by atoms with E-state index in [1.165, 1.54) is 24.5 Å². The second kappa shape index (κ2) is 12.1. The van der Waals surface area contributed by atoms with Gasteiger partial charge in [-0.15, -0.1) is 0 Å². The Morgan fingerprint density at radius 1 is 1.03 bits per heavy atom. The van der Waals surface area contributed by atoms with E-state index >= 15 is 0 Å². The summed E-state index contributed by atoms with van der Waals surface area (Å²) in [4.78, 5) is 16.1. The average Bonchev–Trinajstić information content (AvgIpc) is 3.26. The molecule has 0 aliphatic carbocycles. The average molecular weight is 575 g/mol. The Hall–Kier alpha value is -2.61. The first-order valence-electron chi connectivity index (χ1n) is 10.9. The quantitative estimate of drug-likeness (QED) is 0.288. The number of carbonyl (C=O) groups is 1. The molecule has 0 spiro atoms. The van der Waals surface area contributed by atoms with Crippen LogP contribution in [0.15, 0.2) is 71.9 Å². The number of hydrogen-bond acceptors (Lipinski definition) is 5. The second-order valence-electron chi connectivity index (χ2n) is 8.06. The van der Waals surface area contributed by atoms with Crippen molar-refractivity contribution in [1.29, 1.82) is 0 Å². The van der Waals surface area contributed by atoms with Crippen LogP contribution < -0.4 is 15.8 Å². The van der Waals surface area contributed by atoms with Crippen LogP contribution in [0.2, 0.25) is 5.02 Å². The van der Waals surface area contributed by atoms with Crippen molar-refractivity contribution in [3.63, 3.8) is 0 Å². The molecule has 38 heavy (non-hydrogen) atoms. The zero-order chi connectivity index (χ0) is 26.8. The number of benzene rings is 3. The Balaban J connectivity index is 0.00000400. The summed E-state index contributed by atoms with van der Waals surface area (Å²) >= 11 is 5.86. The number of hydrogen-bond donors (Lipinski definition) is 3.